The number of nitrogens with one attached hydrogen (secondary N) is 2. The lowest BCUT2D eigenvalue weighted by molar-refractivity contribution is -0.146. The molecule has 1 saturated heterocycles. The van der Waals surface area contributed by atoms with Gasteiger partial charge in [-0.15, -0.1) is 0 Å². The van der Waals surface area contributed by atoms with Crippen molar-refractivity contribution in [3.63, 3.8) is 0 Å². The molecule has 3 rings (SSSR count). The molecular formula is C27H44ClN3O4. The summed E-state index contributed by atoms with van der Waals surface area (Å²) in [5, 5.41) is 19.0. The third-order valence-corrected chi connectivity index (χ3v) is 7.72. The van der Waals surface area contributed by atoms with Crippen LogP contribution in [0.2, 0.25) is 5.02 Å². The molecule has 8 heteroatoms. The first-order valence-corrected chi connectivity index (χ1v) is 13.6. The maximum atomic E-state index is 13.3. The van der Waals surface area contributed by atoms with Gasteiger partial charge in [0.2, 0.25) is 0 Å². The molecule has 0 radical (unpaired) electrons. The van der Waals surface area contributed by atoms with Crippen LogP contribution in [0, 0.1) is 5.92 Å². The van der Waals surface area contributed by atoms with Gasteiger partial charge in [-0.1, -0.05) is 55.8 Å². The summed E-state index contributed by atoms with van der Waals surface area (Å²) in [7, 11) is 3.61. The smallest absolute Gasteiger partial charge is 0.317 e. The van der Waals surface area contributed by atoms with E-state index in [4.69, 9.17) is 21.1 Å². The first-order chi connectivity index (χ1) is 17.0. The number of hydrogen-bond acceptors (Lipinski definition) is 5. The van der Waals surface area contributed by atoms with Gasteiger partial charge in [0.25, 0.3) is 0 Å². The fourth-order valence-electron chi connectivity index (χ4n) is 5.54. The molecule has 1 aliphatic carbocycles. The molecule has 198 valence electrons. The number of hydrogen-bond donors (Lipinski definition) is 3. The second-order valence-electron chi connectivity index (χ2n) is 10.1. The Labute approximate surface area is 215 Å². The Morgan fingerprint density at radius 2 is 2.11 bits per heavy atom. The molecule has 7 nitrogen and oxygen atoms in total. The van der Waals surface area contributed by atoms with Crippen LogP contribution >= 0.6 is 11.6 Å². The second-order valence-corrected chi connectivity index (χ2v) is 10.6. The van der Waals surface area contributed by atoms with Gasteiger partial charge in [0, 0.05) is 37.9 Å². The van der Waals surface area contributed by atoms with Gasteiger partial charge in [0.05, 0.1) is 13.2 Å². The third-order valence-electron chi connectivity index (χ3n) is 7.49. The molecule has 0 aromatic heterocycles. The minimum atomic E-state index is -1.25. The topological polar surface area (TPSA) is 83.1 Å². The predicted octanol–water partition coefficient (Wildman–Crippen LogP) is 4.31. The van der Waals surface area contributed by atoms with Gasteiger partial charge in [-0.05, 0) is 56.3 Å². The highest BCUT2D eigenvalue weighted by molar-refractivity contribution is 6.30. The van der Waals surface area contributed by atoms with Gasteiger partial charge >= 0.3 is 6.03 Å². The number of carbonyl (C=O) groups excluding carboxylic acids is 1. The molecule has 0 unspecified atom stereocenters. The monoisotopic (exact) mass is 509 g/mol. The van der Waals surface area contributed by atoms with E-state index >= 15 is 0 Å². The van der Waals surface area contributed by atoms with Crippen molar-refractivity contribution in [3.8, 4) is 0 Å². The molecule has 2 aliphatic rings. The molecule has 1 aromatic carbocycles. The molecule has 1 aromatic rings. The molecule has 1 aliphatic heterocycles. The Kier molecular flexibility index (Phi) is 11.6. The zero-order valence-corrected chi connectivity index (χ0v) is 22.2. The fraction of sp³-hybridized carbons (Fsp3) is 0.741. The van der Waals surface area contributed by atoms with E-state index in [1.54, 1.807) is 24.1 Å². The molecular weight excluding hydrogens is 466 g/mol. The number of morpholine rings is 1. The average Bonchev–Trinajstić information content (AvgIpc) is 2.87. The number of ether oxygens (including phenoxy) is 2. The van der Waals surface area contributed by atoms with E-state index in [0.29, 0.717) is 43.7 Å². The number of aliphatic hydroxyl groups is 1. The van der Waals surface area contributed by atoms with Crippen LogP contribution in [0.25, 0.3) is 0 Å². The van der Waals surface area contributed by atoms with E-state index in [1.807, 2.05) is 19.2 Å². The Hall–Kier alpha value is -1.38. The van der Waals surface area contributed by atoms with E-state index in [9.17, 15) is 9.90 Å². The van der Waals surface area contributed by atoms with Gasteiger partial charge in [-0.2, -0.15) is 0 Å². The molecule has 1 heterocycles. The van der Waals surface area contributed by atoms with Crippen LogP contribution in [0.4, 0.5) is 4.79 Å². The summed E-state index contributed by atoms with van der Waals surface area (Å²) in [4.78, 5) is 15.1. The third kappa shape index (κ3) is 8.32. The summed E-state index contributed by atoms with van der Waals surface area (Å²) in [6.45, 7) is 2.61. The van der Waals surface area contributed by atoms with E-state index in [2.05, 4.69) is 10.6 Å². The quantitative estimate of drug-likeness (QED) is 0.366. The Morgan fingerprint density at radius 3 is 2.83 bits per heavy atom. The van der Waals surface area contributed by atoms with Crippen molar-refractivity contribution < 1.29 is 19.4 Å². The summed E-state index contributed by atoms with van der Waals surface area (Å²) < 4.78 is 11.3. The highest BCUT2D eigenvalue weighted by Crippen LogP contribution is 2.35. The number of methoxy groups -OCH3 is 1. The minimum Gasteiger partial charge on any atom is -0.385 e. The van der Waals surface area contributed by atoms with Crippen molar-refractivity contribution in [3.05, 3.63) is 34.9 Å². The van der Waals surface area contributed by atoms with Gasteiger partial charge in [-0.3, -0.25) is 0 Å². The van der Waals surface area contributed by atoms with Gasteiger partial charge in [0.15, 0.2) is 0 Å². The summed E-state index contributed by atoms with van der Waals surface area (Å²) in [6.07, 6.45) is 9.01. The van der Waals surface area contributed by atoms with Crippen molar-refractivity contribution in [1.82, 2.24) is 15.5 Å². The first-order valence-electron chi connectivity index (χ1n) is 13.2. The molecule has 0 spiro atoms. The zero-order valence-electron chi connectivity index (χ0n) is 21.4. The fourth-order valence-corrected chi connectivity index (χ4v) is 5.73. The number of unbranched alkanes of at least 4 members (excludes halogenated alkanes) is 1. The van der Waals surface area contributed by atoms with Gasteiger partial charge < -0.3 is 30.1 Å². The van der Waals surface area contributed by atoms with Crippen LogP contribution in [0.15, 0.2) is 24.3 Å². The summed E-state index contributed by atoms with van der Waals surface area (Å²) >= 11 is 6.27. The number of nitrogens with zero attached hydrogens (tertiary/aromatic N) is 1. The van der Waals surface area contributed by atoms with E-state index in [-0.39, 0.29) is 12.1 Å². The molecule has 3 N–H and O–H groups in total. The Morgan fingerprint density at radius 1 is 1.31 bits per heavy atom. The number of urea groups is 1. The number of rotatable bonds is 12. The van der Waals surface area contributed by atoms with E-state index < -0.39 is 11.7 Å². The van der Waals surface area contributed by atoms with Crippen LogP contribution in [0.1, 0.15) is 63.4 Å². The predicted molar refractivity (Wildman–Crippen MR) is 140 cm³/mol. The maximum absolute atomic E-state index is 13.3. The highest BCUT2D eigenvalue weighted by atomic mass is 35.5. The standard InChI is InChI=1S/C27H44ClN3O4/c1-29-19-24(17-21-9-4-3-5-10-21)30-26(32)31-14-16-35-25(20-31)27(33,13-6-7-15-34-2)22-11-8-12-23(28)18-22/h8,11-12,18,21,24-25,29,33H,3-7,9-10,13-17,19-20H2,1-2H3,(H,30,32)/t24-,25+,27+/m0/s1. The Bertz CT molecular complexity index is 777. The van der Waals surface area contributed by atoms with Crippen LogP contribution in [-0.4, -0.2) is 75.2 Å². The number of halogens is 1. The largest absolute Gasteiger partial charge is 0.385 e. The minimum absolute atomic E-state index is 0.0813. The lowest BCUT2D eigenvalue weighted by Crippen LogP contribution is -2.58. The SMILES string of the molecule is CNC[C@H](CC1CCCCC1)NC(=O)N1CCO[C@@H]([C@@](O)(CCCCOC)c2cccc(Cl)c2)C1. The van der Waals surface area contributed by atoms with E-state index in [1.165, 1.54) is 32.1 Å². The van der Waals surface area contributed by atoms with Crippen LogP contribution in [0.5, 0.6) is 0 Å². The second kappa shape index (κ2) is 14.4. The molecule has 35 heavy (non-hydrogen) atoms. The molecule has 1 saturated carbocycles. The van der Waals surface area contributed by atoms with Crippen molar-refractivity contribution >= 4 is 17.6 Å². The number of benzene rings is 1. The maximum Gasteiger partial charge on any atom is 0.317 e. The summed E-state index contributed by atoms with van der Waals surface area (Å²) in [5.41, 5.74) is -0.524. The molecule has 2 fully saturated rings. The lowest BCUT2D eigenvalue weighted by atomic mass is 9.82. The van der Waals surface area contributed by atoms with Crippen LogP contribution < -0.4 is 10.6 Å². The molecule has 2 amide bonds. The van der Waals surface area contributed by atoms with Crippen LogP contribution in [-0.2, 0) is 15.1 Å². The van der Waals surface area contributed by atoms with Gasteiger partial charge in [0.1, 0.15) is 11.7 Å². The normalized spacial score (nSPS) is 21.9. The number of amides is 2. The zero-order chi connectivity index (χ0) is 25.1. The van der Waals surface area contributed by atoms with E-state index in [0.717, 1.165) is 31.4 Å². The Balaban J connectivity index is 1.67. The number of carbonyl (C=O) groups is 1. The van der Waals surface area contributed by atoms with Crippen molar-refractivity contribution in [2.45, 2.75) is 75.5 Å². The highest BCUT2D eigenvalue weighted by Gasteiger charge is 2.42. The summed E-state index contributed by atoms with van der Waals surface area (Å²) in [5.74, 6) is 0.680. The average molecular weight is 510 g/mol. The van der Waals surface area contributed by atoms with Crippen molar-refractivity contribution in [2.75, 3.05) is 47.0 Å². The lowest BCUT2D eigenvalue weighted by Gasteiger charge is -2.43. The van der Waals surface area contributed by atoms with Gasteiger partial charge in [-0.25, -0.2) is 4.79 Å². The molecule has 3 atom stereocenters. The number of likely N-dealkylation sites (N-methyl/N-ethyl adjacent to an activating group) is 1. The van der Waals surface area contributed by atoms with Crippen molar-refractivity contribution in [1.29, 1.82) is 0 Å². The molecule has 0 bridgehead atoms. The first kappa shape index (κ1) is 28.2. The van der Waals surface area contributed by atoms with Crippen LogP contribution in [0.3, 0.4) is 0 Å². The summed E-state index contributed by atoms with van der Waals surface area (Å²) in [6, 6.07) is 7.34. The van der Waals surface area contributed by atoms with Crippen molar-refractivity contribution in [2.24, 2.45) is 5.92 Å².